The molecule has 0 saturated carbocycles. The van der Waals surface area contributed by atoms with Crippen LogP contribution in [0.2, 0.25) is 0 Å². The van der Waals surface area contributed by atoms with E-state index in [1.54, 1.807) is 27.6 Å². The van der Waals surface area contributed by atoms with E-state index in [9.17, 15) is 28.2 Å². The lowest BCUT2D eigenvalue weighted by atomic mass is 9.78. The van der Waals surface area contributed by atoms with Crippen LogP contribution in [-0.4, -0.2) is 52.0 Å². The maximum absolute atomic E-state index is 12.4. The Morgan fingerprint density at radius 3 is 2.77 bits per heavy atom. The third-order valence-electron chi connectivity index (χ3n) is 5.73. The van der Waals surface area contributed by atoms with Gasteiger partial charge in [0.1, 0.15) is 24.1 Å². The van der Waals surface area contributed by atoms with Gasteiger partial charge in [0.15, 0.2) is 0 Å². The molecule has 11 nitrogen and oxygen atoms in total. The number of aliphatic hydroxyl groups is 1. The van der Waals surface area contributed by atoms with E-state index in [0.29, 0.717) is 11.3 Å². The van der Waals surface area contributed by atoms with Crippen molar-refractivity contribution in [1.29, 1.82) is 0 Å². The number of β-lactam (4-membered cyclic amide) rings is 1. The molecule has 2 aliphatic rings. The Labute approximate surface area is 176 Å². The predicted octanol–water partition coefficient (Wildman–Crippen LogP) is -1.22. The SMILES string of the molecule is C[C@@H](O)[C@H]1C(=O)N2C(C(=O)O)=C(C[n+]3cc4scc(CNS(N)(=O)=O)n4c3)[C@H](C)[C@H]12. The van der Waals surface area contributed by atoms with Crippen LogP contribution in [0.5, 0.6) is 0 Å². The molecule has 0 unspecified atom stereocenters. The van der Waals surface area contributed by atoms with Crippen molar-refractivity contribution < 1.29 is 32.8 Å². The normalized spacial score (nSPS) is 25.0. The van der Waals surface area contributed by atoms with Crippen LogP contribution in [0.1, 0.15) is 19.5 Å². The summed E-state index contributed by atoms with van der Waals surface area (Å²) < 4.78 is 28.1. The molecule has 2 aromatic heterocycles. The van der Waals surface area contributed by atoms with Crippen LogP contribution in [0, 0.1) is 11.8 Å². The number of hydrogen-bond acceptors (Lipinski definition) is 6. The number of nitrogens with one attached hydrogen (secondary N) is 1. The average molecular weight is 457 g/mol. The minimum atomic E-state index is -3.82. The minimum absolute atomic E-state index is 0.0208. The number of aliphatic hydroxyl groups excluding tert-OH is 1. The zero-order valence-corrected chi connectivity index (χ0v) is 17.9. The van der Waals surface area contributed by atoms with Gasteiger partial charge in [-0.1, -0.05) is 18.3 Å². The maximum atomic E-state index is 12.4. The second kappa shape index (κ2) is 7.13. The van der Waals surface area contributed by atoms with Gasteiger partial charge in [-0.05, 0) is 6.92 Å². The number of imidazole rings is 1. The average Bonchev–Trinajstić information content (AvgIpc) is 3.24. The molecule has 1 saturated heterocycles. The maximum Gasteiger partial charge on any atom is 0.352 e. The van der Waals surface area contributed by atoms with E-state index in [-0.39, 0.29) is 36.7 Å². The summed E-state index contributed by atoms with van der Waals surface area (Å²) in [6.45, 7) is 3.68. The molecule has 0 spiro atoms. The number of carboxylic acids is 1. The molecule has 13 heteroatoms. The molecule has 0 aromatic carbocycles. The molecule has 4 rings (SSSR count). The lowest BCUT2D eigenvalue weighted by Crippen LogP contribution is -2.63. The number of carbonyl (C=O) groups excluding carboxylic acids is 1. The number of carbonyl (C=O) groups is 2. The van der Waals surface area contributed by atoms with E-state index in [4.69, 9.17) is 5.14 Å². The van der Waals surface area contributed by atoms with Crippen molar-refractivity contribution in [1.82, 2.24) is 14.0 Å². The van der Waals surface area contributed by atoms with Crippen LogP contribution >= 0.6 is 11.3 Å². The number of nitrogens with two attached hydrogens (primary N) is 1. The molecule has 4 heterocycles. The number of thiazole rings is 1. The fraction of sp³-hybridized carbons (Fsp3) is 0.471. The molecule has 162 valence electrons. The molecular formula is C17H22N5O6S2+. The first-order valence-electron chi connectivity index (χ1n) is 9.22. The third-order valence-corrected chi connectivity index (χ3v) is 7.21. The van der Waals surface area contributed by atoms with Crippen molar-refractivity contribution in [2.75, 3.05) is 0 Å². The van der Waals surface area contributed by atoms with Gasteiger partial charge in [0, 0.05) is 16.9 Å². The van der Waals surface area contributed by atoms with Crippen molar-refractivity contribution >= 4 is 38.3 Å². The van der Waals surface area contributed by atoms with Crippen LogP contribution in [-0.2, 0) is 32.9 Å². The highest BCUT2D eigenvalue weighted by molar-refractivity contribution is 7.87. The van der Waals surface area contributed by atoms with Crippen LogP contribution in [0.15, 0.2) is 29.2 Å². The largest absolute Gasteiger partial charge is 0.477 e. The van der Waals surface area contributed by atoms with Gasteiger partial charge in [-0.2, -0.15) is 17.5 Å². The Kier molecular flexibility index (Phi) is 4.97. The number of nitrogens with zero attached hydrogens (tertiary/aromatic N) is 3. The van der Waals surface area contributed by atoms with Gasteiger partial charge in [0.05, 0.1) is 24.6 Å². The first kappa shape index (κ1) is 20.9. The molecule has 1 amide bonds. The third kappa shape index (κ3) is 3.32. The number of aromatic nitrogens is 2. The number of rotatable bonds is 7. The van der Waals surface area contributed by atoms with Crippen LogP contribution in [0.25, 0.3) is 4.83 Å². The Bertz CT molecular complexity index is 1180. The summed E-state index contributed by atoms with van der Waals surface area (Å²) in [7, 11) is -3.82. The van der Waals surface area contributed by atoms with E-state index >= 15 is 0 Å². The summed E-state index contributed by atoms with van der Waals surface area (Å²) in [5, 5.41) is 26.5. The van der Waals surface area contributed by atoms with Gasteiger partial charge < -0.3 is 15.1 Å². The lowest BCUT2D eigenvalue weighted by Gasteiger charge is -2.46. The quantitative estimate of drug-likeness (QED) is 0.302. The highest BCUT2D eigenvalue weighted by Gasteiger charge is 2.60. The smallest absolute Gasteiger partial charge is 0.352 e. The van der Waals surface area contributed by atoms with Gasteiger partial charge in [-0.3, -0.25) is 4.79 Å². The first-order chi connectivity index (χ1) is 14.0. The van der Waals surface area contributed by atoms with Crippen molar-refractivity contribution in [2.45, 2.75) is 39.1 Å². The van der Waals surface area contributed by atoms with Crippen LogP contribution < -0.4 is 14.4 Å². The number of aliphatic carboxylic acids is 1. The molecule has 0 bridgehead atoms. The van der Waals surface area contributed by atoms with Crippen molar-refractivity contribution in [3.63, 3.8) is 0 Å². The first-order valence-corrected chi connectivity index (χ1v) is 11.6. The number of carboxylic acid groups (broad SMARTS) is 1. The molecule has 30 heavy (non-hydrogen) atoms. The van der Waals surface area contributed by atoms with Crippen LogP contribution in [0.4, 0.5) is 0 Å². The topological polar surface area (TPSA) is 158 Å². The Balaban J connectivity index is 1.63. The van der Waals surface area contributed by atoms with Gasteiger partial charge >= 0.3 is 5.97 Å². The van der Waals surface area contributed by atoms with Crippen molar-refractivity contribution in [2.24, 2.45) is 17.0 Å². The molecule has 4 atom stereocenters. The molecular weight excluding hydrogens is 434 g/mol. The summed E-state index contributed by atoms with van der Waals surface area (Å²) in [5.74, 6) is -2.36. The second-order valence-corrected chi connectivity index (χ2v) is 9.92. The van der Waals surface area contributed by atoms with Crippen molar-refractivity contribution in [3.05, 3.63) is 34.9 Å². The van der Waals surface area contributed by atoms with E-state index < -0.39 is 28.2 Å². The molecule has 1 fully saturated rings. The number of fused-ring (bicyclic) bond motifs is 2. The fourth-order valence-electron chi connectivity index (χ4n) is 4.37. The monoisotopic (exact) mass is 456 g/mol. The van der Waals surface area contributed by atoms with E-state index in [1.807, 2.05) is 13.1 Å². The fourth-order valence-corrected chi connectivity index (χ4v) is 5.65. The van der Waals surface area contributed by atoms with Crippen molar-refractivity contribution in [3.8, 4) is 0 Å². The summed E-state index contributed by atoms with van der Waals surface area (Å²) in [6.07, 6.45) is 2.72. The highest BCUT2D eigenvalue weighted by Crippen LogP contribution is 2.47. The Hall–Kier alpha value is -2.32. The highest BCUT2D eigenvalue weighted by atomic mass is 32.2. The summed E-state index contributed by atoms with van der Waals surface area (Å²) in [4.78, 5) is 26.5. The van der Waals surface area contributed by atoms with Gasteiger partial charge in [-0.25, -0.2) is 14.5 Å². The lowest BCUT2D eigenvalue weighted by molar-refractivity contribution is -0.688. The second-order valence-electron chi connectivity index (χ2n) is 7.65. The number of hydrogen-bond donors (Lipinski definition) is 4. The summed E-state index contributed by atoms with van der Waals surface area (Å²) >= 11 is 1.41. The van der Waals surface area contributed by atoms with Gasteiger partial charge in [0.25, 0.3) is 10.2 Å². The Morgan fingerprint density at radius 2 is 2.17 bits per heavy atom. The Morgan fingerprint density at radius 1 is 1.47 bits per heavy atom. The van der Waals surface area contributed by atoms with E-state index in [1.165, 1.54) is 16.2 Å². The molecule has 2 aromatic rings. The summed E-state index contributed by atoms with van der Waals surface area (Å²) in [5.41, 5.74) is 1.27. The van der Waals surface area contributed by atoms with Crippen LogP contribution in [0.3, 0.4) is 0 Å². The minimum Gasteiger partial charge on any atom is -0.477 e. The van der Waals surface area contributed by atoms with Gasteiger partial charge in [0.2, 0.25) is 17.1 Å². The van der Waals surface area contributed by atoms with E-state index in [0.717, 1.165) is 4.83 Å². The molecule has 2 aliphatic heterocycles. The predicted molar refractivity (Wildman–Crippen MR) is 105 cm³/mol. The van der Waals surface area contributed by atoms with Gasteiger partial charge in [-0.15, -0.1) is 0 Å². The molecule has 5 N–H and O–H groups in total. The standard InChI is InChI=1S/C17H21N5O6S2/c1-8-11(15(17(25)26)22-14(8)13(9(2)23)16(22)24)4-20-5-12-21(7-20)10(6-29-12)3-19-30(18,27)28/h5-9,13-14,19,23H,3-4H2,1-2H3,(H2-,18,25,26,27,28)/p+1/t8-,9+,13+,14+/m0/s1. The molecule has 0 aliphatic carbocycles. The van der Waals surface area contributed by atoms with E-state index in [2.05, 4.69) is 4.72 Å². The number of amides is 1. The zero-order chi connectivity index (χ0) is 22.0. The summed E-state index contributed by atoms with van der Waals surface area (Å²) in [6, 6.07) is -0.363. The molecule has 0 radical (unpaired) electrons. The zero-order valence-electron chi connectivity index (χ0n) is 16.2.